The first-order chi connectivity index (χ1) is 12.2. The molecule has 1 aliphatic heterocycles. The minimum absolute atomic E-state index is 0.109. The average Bonchev–Trinajstić information content (AvgIpc) is 3.14. The van der Waals surface area contributed by atoms with Crippen LogP contribution in [0.4, 0.5) is 10.2 Å². The number of carbonyl (C=O) groups excluding carboxylic acids is 1. The van der Waals surface area contributed by atoms with Crippen LogP contribution in [-0.4, -0.2) is 60.9 Å². The van der Waals surface area contributed by atoms with Gasteiger partial charge in [0.15, 0.2) is 23.8 Å². The normalized spacial score (nSPS) is 28.8. The second kappa shape index (κ2) is 6.41. The number of aliphatic hydroxyl groups excluding tert-OH is 2. The van der Waals surface area contributed by atoms with E-state index in [1.165, 1.54) is 17.2 Å². The standard InChI is InChI=1S/C15H20FN5O5/c1-8(2)13(24)25-5-15(16)9(23)3-14(4-22,26-15)21-7-20-10-11(17)18-6-19-12(10)21/h6-9,22-23H,3-5H2,1-2H3,(H2,17,18,19)/t9-,14-,15+/m0/s1. The molecule has 2 aromatic rings. The summed E-state index contributed by atoms with van der Waals surface area (Å²) in [6.45, 7) is 1.71. The molecule has 10 nitrogen and oxygen atoms in total. The van der Waals surface area contributed by atoms with Gasteiger partial charge in [-0.2, -0.15) is 0 Å². The Morgan fingerprint density at radius 3 is 2.92 bits per heavy atom. The highest BCUT2D eigenvalue weighted by atomic mass is 19.2. The van der Waals surface area contributed by atoms with Gasteiger partial charge in [-0.1, -0.05) is 13.8 Å². The molecule has 0 spiro atoms. The monoisotopic (exact) mass is 369 g/mol. The molecule has 0 aliphatic carbocycles. The second-order valence-electron chi connectivity index (χ2n) is 6.52. The lowest BCUT2D eigenvalue weighted by molar-refractivity contribution is -0.254. The Hall–Kier alpha value is -2.37. The number of fused-ring (bicyclic) bond motifs is 1. The number of hydrogen-bond acceptors (Lipinski definition) is 9. The molecule has 142 valence electrons. The molecule has 3 rings (SSSR count). The smallest absolute Gasteiger partial charge is 0.308 e. The number of halogens is 1. The van der Waals surface area contributed by atoms with Crippen molar-refractivity contribution in [3.8, 4) is 0 Å². The summed E-state index contributed by atoms with van der Waals surface area (Å²) in [5.74, 6) is -3.68. The predicted molar refractivity (Wildman–Crippen MR) is 86.1 cm³/mol. The van der Waals surface area contributed by atoms with Crippen LogP contribution in [0.25, 0.3) is 11.2 Å². The van der Waals surface area contributed by atoms with E-state index in [-0.39, 0.29) is 23.4 Å². The number of esters is 1. The molecule has 3 atom stereocenters. The highest BCUT2D eigenvalue weighted by Gasteiger charge is 2.58. The first-order valence-corrected chi connectivity index (χ1v) is 8.01. The summed E-state index contributed by atoms with van der Waals surface area (Å²) in [6.07, 6.45) is 0.504. The zero-order chi connectivity index (χ0) is 19.1. The van der Waals surface area contributed by atoms with Crippen LogP contribution in [0.15, 0.2) is 12.7 Å². The maximum absolute atomic E-state index is 15.1. The number of nitrogens with two attached hydrogens (primary N) is 1. The van der Waals surface area contributed by atoms with Crippen LogP contribution in [0.1, 0.15) is 20.3 Å². The van der Waals surface area contributed by atoms with Gasteiger partial charge < -0.3 is 25.4 Å². The fourth-order valence-corrected chi connectivity index (χ4v) is 2.81. The lowest BCUT2D eigenvalue weighted by Gasteiger charge is -2.30. The van der Waals surface area contributed by atoms with Crippen molar-refractivity contribution < 1.29 is 28.9 Å². The zero-order valence-corrected chi connectivity index (χ0v) is 14.3. The molecule has 0 saturated carbocycles. The topological polar surface area (TPSA) is 146 Å². The molecule has 0 bridgehead atoms. The van der Waals surface area contributed by atoms with Crippen LogP contribution < -0.4 is 5.73 Å². The molecule has 11 heteroatoms. The number of nitrogens with zero attached hydrogens (tertiary/aromatic N) is 4. The Morgan fingerprint density at radius 2 is 2.27 bits per heavy atom. The summed E-state index contributed by atoms with van der Waals surface area (Å²) in [6, 6.07) is 0. The van der Waals surface area contributed by atoms with Crippen LogP contribution in [0.5, 0.6) is 0 Å². The van der Waals surface area contributed by atoms with E-state index in [0.717, 1.165) is 0 Å². The highest BCUT2D eigenvalue weighted by molar-refractivity contribution is 5.81. The molecule has 0 radical (unpaired) electrons. The lowest BCUT2D eigenvalue weighted by atomic mass is 10.1. The summed E-state index contributed by atoms with van der Waals surface area (Å²) in [4.78, 5) is 23.5. The number of anilines is 1. The van der Waals surface area contributed by atoms with Crippen molar-refractivity contribution in [2.45, 2.75) is 38.0 Å². The van der Waals surface area contributed by atoms with Crippen molar-refractivity contribution in [3.63, 3.8) is 0 Å². The largest absolute Gasteiger partial charge is 0.459 e. The van der Waals surface area contributed by atoms with Gasteiger partial charge in [-0.3, -0.25) is 9.36 Å². The number of hydrogen-bond donors (Lipinski definition) is 3. The summed E-state index contributed by atoms with van der Waals surface area (Å²) in [7, 11) is 0. The third-order valence-electron chi connectivity index (χ3n) is 4.30. The van der Waals surface area contributed by atoms with Crippen molar-refractivity contribution in [2.75, 3.05) is 18.9 Å². The van der Waals surface area contributed by atoms with Gasteiger partial charge in [-0.15, -0.1) is 0 Å². The maximum atomic E-state index is 15.1. The molecule has 1 saturated heterocycles. The van der Waals surface area contributed by atoms with Crippen molar-refractivity contribution in [3.05, 3.63) is 12.7 Å². The summed E-state index contributed by atoms with van der Waals surface area (Å²) >= 11 is 0. The molecule has 0 amide bonds. The van der Waals surface area contributed by atoms with Crippen LogP contribution in [0.2, 0.25) is 0 Å². The van der Waals surface area contributed by atoms with E-state index < -0.39 is 42.8 Å². The van der Waals surface area contributed by atoms with Crippen LogP contribution in [0.3, 0.4) is 0 Å². The number of alkyl halides is 1. The van der Waals surface area contributed by atoms with Crippen molar-refractivity contribution in [1.82, 2.24) is 19.5 Å². The van der Waals surface area contributed by atoms with Gasteiger partial charge in [0.05, 0.1) is 18.9 Å². The number of ether oxygens (including phenoxy) is 2. The molecule has 1 aliphatic rings. The number of aromatic nitrogens is 4. The minimum atomic E-state index is -2.69. The fourth-order valence-electron chi connectivity index (χ4n) is 2.81. The van der Waals surface area contributed by atoms with Crippen molar-refractivity contribution in [1.29, 1.82) is 0 Å². The molecule has 3 heterocycles. The Kier molecular flexibility index (Phi) is 4.54. The second-order valence-corrected chi connectivity index (χ2v) is 6.52. The summed E-state index contributed by atoms with van der Waals surface area (Å²) in [5.41, 5.74) is 4.51. The molecular weight excluding hydrogens is 349 g/mol. The SMILES string of the molecule is CC(C)C(=O)OC[C@@]1(F)O[C@@](CO)(n2cnc3c(N)ncnc32)C[C@@H]1O. The number of carbonyl (C=O) groups is 1. The first-order valence-electron chi connectivity index (χ1n) is 8.01. The number of rotatable bonds is 5. The Bertz CT molecular complexity index is 830. The van der Waals surface area contributed by atoms with E-state index in [0.29, 0.717) is 0 Å². The zero-order valence-electron chi connectivity index (χ0n) is 14.3. The Morgan fingerprint density at radius 1 is 1.54 bits per heavy atom. The van der Waals surface area contributed by atoms with Crippen molar-refractivity contribution >= 4 is 23.0 Å². The minimum Gasteiger partial charge on any atom is -0.459 e. The molecule has 26 heavy (non-hydrogen) atoms. The van der Waals surface area contributed by atoms with Gasteiger partial charge in [-0.05, 0) is 0 Å². The highest BCUT2D eigenvalue weighted by Crippen LogP contribution is 2.43. The summed E-state index contributed by atoms with van der Waals surface area (Å²) in [5, 5.41) is 20.1. The van der Waals surface area contributed by atoms with Gasteiger partial charge in [0.2, 0.25) is 0 Å². The van der Waals surface area contributed by atoms with E-state index in [1.54, 1.807) is 13.8 Å². The molecule has 4 N–H and O–H groups in total. The fraction of sp³-hybridized carbons (Fsp3) is 0.600. The van der Waals surface area contributed by atoms with Gasteiger partial charge >= 0.3 is 5.97 Å². The molecular formula is C15H20FN5O5. The number of imidazole rings is 1. The van der Waals surface area contributed by atoms with E-state index in [4.69, 9.17) is 15.2 Å². The van der Waals surface area contributed by atoms with Crippen LogP contribution >= 0.6 is 0 Å². The predicted octanol–water partition coefficient (Wildman–Crippen LogP) is -0.300. The summed E-state index contributed by atoms with van der Waals surface area (Å²) < 4.78 is 26.7. The number of aliphatic hydroxyl groups is 2. The Labute approximate surface area is 147 Å². The van der Waals surface area contributed by atoms with E-state index in [9.17, 15) is 15.0 Å². The number of nitrogen functional groups attached to an aromatic ring is 1. The molecule has 1 fully saturated rings. The van der Waals surface area contributed by atoms with Crippen LogP contribution in [0, 0.1) is 5.92 Å². The van der Waals surface area contributed by atoms with Gasteiger partial charge in [0.1, 0.15) is 17.9 Å². The average molecular weight is 369 g/mol. The third-order valence-corrected chi connectivity index (χ3v) is 4.30. The van der Waals surface area contributed by atoms with Crippen molar-refractivity contribution in [2.24, 2.45) is 5.92 Å². The first kappa shape index (κ1) is 18.4. The third kappa shape index (κ3) is 2.87. The van der Waals surface area contributed by atoms with Crippen LogP contribution in [-0.2, 0) is 20.0 Å². The van der Waals surface area contributed by atoms with Gasteiger partial charge in [-0.25, -0.2) is 19.3 Å². The molecule has 2 aromatic heterocycles. The Balaban J connectivity index is 1.93. The maximum Gasteiger partial charge on any atom is 0.308 e. The molecule has 0 aromatic carbocycles. The van der Waals surface area contributed by atoms with Gasteiger partial charge in [0, 0.05) is 6.42 Å². The van der Waals surface area contributed by atoms with E-state index >= 15 is 4.39 Å². The van der Waals surface area contributed by atoms with Gasteiger partial charge in [0.25, 0.3) is 5.85 Å². The van der Waals surface area contributed by atoms with E-state index in [2.05, 4.69) is 15.0 Å². The quantitative estimate of drug-likeness (QED) is 0.605. The lowest BCUT2D eigenvalue weighted by Crippen LogP contribution is -2.43. The molecule has 0 unspecified atom stereocenters. The van der Waals surface area contributed by atoms with E-state index in [1.807, 2.05) is 0 Å².